The van der Waals surface area contributed by atoms with Crippen molar-refractivity contribution in [1.29, 1.82) is 0 Å². The molecule has 0 rings (SSSR count). The molecule has 0 aromatic heterocycles. The van der Waals surface area contributed by atoms with E-state index in [1.54, 1.807) is 0 Å². The highest BCUT2D eigenvalue weighted by molar-refractivity contribution is 5.82. The molecular weight excluding hydrogens is 212 g/mol. The first kappa shape index (κ1) is 15.7. The molecule has 96 valence electrons. The minimum absolute atomic E-state index is 0.264. The van der Waals surface area contributed by atoms with Crippen molar-refractivity contribution in [2.45, 2.75) is 46.5 Å². The fraction of sp³-hybridized carbons (Fsp3) is 0.533. The van der Waals surface area contributed by atoms with E-state index in [0.29, 0.717) is 6.61 Å². The molecule has 0 atom stereocenters. The lowest BCUT2D eigenvalue weighted by Crippen LogP contribution is -2.03. The Hall–Kier alpha value is -1.31. The summed E-state index contributed by atoms with van der Waals surface area (Å²) in [6, 6.07) is 0. The highest BCUT2D eigenvalue weighted by atomic mass is 16.5. The van der Waals surface area contributed by atoms with Crippen LogP contribution in [0.4, 0.5) is 0 Å². The van der Waals surface area contributed by atoms with Gasteiger partial charge in [0, 0.05) is 12.5 Å². The number of ether oxygens (including phenoxy) is 1. The smallest absolute Gasteiger partial charge is 0.330 e. The van der Waals surface area contributed by atoms with Crippen LogP contribution in [0.25, 0.3) is 0 Å². The Labute approximate surface area is 105 Å². The van der Waals surface area contributed by atoms with Gasteiger partial charge in [0.1, 0.15) is 0 Å². The number of carbonyl (C=O) groups excluding carboxylic acids is 1. The average molecular weight is 236 g/mol. The zero-order chi connectivity index (χ0) is 13.3. The van der Waals surface area contributed by atoms with Crippen LogP contribution < -0.4 is 0 Å². The maximum absolute atomic E-state index is 11.2. The second-order valence-electron chi connectivity index (χ2n) is 4.70. The molecule has 0 aromatic rings. The van der Waals surface area contributed by atoms with Crippen LogP contribution in [0.15, 0.2) is 36.0 Å². The van der Waals surface area contributed by atoms with Gasteiger partial charge in [-0.25, -0.2) is 4.79 Å². The van der Waals surface area contributed by atoms with E-state index >= 15 is 0 Å². The van der Waals surface area contributed by atoms with Crippen LogP contribution in [0.1, 0.15) is 46.5 Å². The van der Waals surface area contributed by atoms with Crippen LogP contribution in [-0.2, 0) is 9.53 Å². The Morgan fingerprint density at radius 2 is 1.76 bits per heavy atom. The van der Waals surface area contributed by atoms with Gasteiger partial charge < -0.3 is 4.74 Å². The third-order valence-electron chi connectivity index (χ3n) is 2.24. The van der Waals surface area contributed by atoms with E-state index in [0.717, 1.165) is 36.8 Å². The molecule has 2 nitrogen and oxygen atoms in total. The van der Waals surface area contributed by atoms with Crippen molar-refractivity contribution >= 4 is 5.97 Å². The van der Waals surface area contributed by atoms with Gasteiger partial charge in [-0.2, -0.15) is 0 Å². The van der Waals surface area contributed by atoms with Crippen molar-refractivity contribution in [2.75, 3.05) is 6.61 Å². The molecule has 0 saturated carbocycles. The summed E-state index contributed by atoms with van der Waals surface area (Å²) < 4.78 is 5.06. The standard InChI is InChI=1S/C15H24O2/c1-12(2)7-6-8-14(5)9-10-17-15(16)11-13(3)4/h11H,1,5-10H2,2-4H3. The lowest BCUT2D eigenvalue weighted by Gasteiger charge is -2.06. The molecule has 17 heavy (non-hydrogen) atoms. The number of carbonyl (C=O) groups is 1. The first-order valence-electron chi connectivity index (χ1n) is 6.04. The number of hydrogen-bond acceptors (Lipinski definition) is 2. The molecule has 0 aromatic carbocycles. The lowest BCUT2D eigenvalue weighted by atomic mass is 10.1. The van der Waals surface area contributed by atoms with E-state index in [-0.39, 0.29) is 5.97 Å². The number of esters is 1. The van der Waals surface area contributed by atoms with Crippen molar-refractivity contribution in [2.24, 2.45) is 0 Å². The van der Waals surface area contributed by atoms with Gasteiger partial charge in [-0.15, -0.1) is 6.58 Å². The maximum Gasteiger partial charge on any atom is 0.330 e. The summed E-state index contributed by atoms with van der Waals surface area (Å²) in [5.41, 5.74) is 3.29. The van der Waals surface area contributed by atoms with Gasteiger partial charge in [-0.05, 0) is 40.0 Å². The molecule has 0 aliphatic rings. The molecule has 0 saturated heterocycles. The summed E-state index contributed by atoms with van der Waals surface area (Å²) in [4.78, 5) is 11.2. The van der Waals surface area contributed by atoms with Crippen molar-refractivity contribution < 1.29 is 9.53 Å². The number of rotatable bonds is 8. The molecule has 0 spiro atoms. The molecule has 0 N–H and O–H groups in total. The molecule has 0 aliphatic heterocycles. The summed E-state index contributed by atoms with van der Waals surface area (Å²) in [7, 11) is 0. The van der Waals surface area contributed by atoms with Gasteiger partial charge in [0.25, 0.3) is 0 Å². The van der Waals surface area contributed by atoms with Crippen molar-refractivity contribution in [3.63, 3.8) is 0 Å². The summed E-state index contributed by atoms with van der Waals surface area (Å²) in [6.45, 7) is 14.0. The van der Waals surface area contributed by atoms with Crippen LogP contribution in [0, 0.1) is 0 Å². The monoisotopic (exact) mass is 236 g/mol. The second-order valence-corrected chi connectivity index (χ2v) is 4.70. The molecule has 0 bridgehead atoms. The minimum atomic E-state index is -0.264. The van der Waals surface area contributed by atoms with Crippen LogP contribution in [0.2, 0.25) is 0 Å². The summed E-state index contributed by atoms with van der Waals surface area (Å²) in [5, 5.41) is 0. The third-order valence-corrected chi connectivity index (χ3v) is 2.24. The highest BCUT2D eigenvalue weighted by Gasteiger charge is 2.00. The summed E-state index contributed by atoms with van der Waals surface area (Å²) >= 11 is 0. The Balaban J connectivity index is 3.61. The number of hydrogen-bond donors (Lipinski definition) is 0. The first-order valence-corrected chi connectivity index (χ1v) is 6.04. The Bertz CT molecular complexity index is 307. The fourth-order valence-electron chi connectivity index (χ4n) is 1.34. The first-order chi connectivity index (χ1) is 7.91. The minimum Gasteiger partial charge on any atom is -0.462 e. The molecule has 0 radical (unpaired) electrons. The Morgan fingerprint density at radius 1 is 1.12 bits per heavy atom. The van der Waals surface area contributed by atoms with Crippen molar-refractivity contribution in [1.82, 2.24) is 0 Å². The maximum atomic E-state index is 11.2. The van der Waals surface area contributed by atoms with Gasteiger partial charge in [0.2, 0.25) is 0 Å². The van der Waals surface area contributed by atoms with Gasteiger partial charge in [0.05, 0.1) is 6.61 Å². The van der Waals surface area contributed by atoms with E-state index in [1.807, 2.05) is 20.8 Å². The third kappa shape index (κ3) is 11.0. The second kappa shape index (κ2) is 8.80. The quantitative estimate of drug-likeness (QED) is 0.359. The molecule has 0 amide bonds. The molecule has 0 unspecified atom stereocenters. The van der Waals surface area contributed by atoms with E-state index < -0.39 is 0 Å². The molecular formula is C15H24O2. The molecule has 0 aliphatic carbocycles. The fourth-order valence-corrected chi connectivity index (χ4v) is 1.34. The Morgan fingerprint density at radius 3 is 2.29 bits per heavy atom. The van der Waals surface area contributed by atoms with E-state index in [9.17, 15) is 4.79 Å². The molecule has 0 fully saturated rings. The topological polar surface area (TPSA) is 26.3 Å². The average Bonchev–Trinajstić information content (AvgIpc) is 2.15. The zero-order valence-corrected chi connectivity index (χ0v) is 11.3. The van der Waals surface area contributed by atoms with E-state index in [2.05, 4.69) is 13.2 Å². The summed E-state index contributed by atoms with van der Waals surface area (Å²) in [6.07, 6.45) is 5.35. The van der Waals surface area contributed by atoms with Gasteiger partial charge >= 0.3 is 5.97 Å². The molecule has 2 heteroatoms. The van der Waals surface area contributed by atoms with E-state index in [4.69, 9.17) is 4.74 Å². The van der Waals surface area contributed by atoms with E-state index in [1.165, 1.54) is 11.6 Å². The predicted molar refractivity (Wildman–Crippen MR) is 72.8 cm³/mol. The van der Waals surface area contributed by atoms with Crippen LogP contribution >= 0.6 is 0 Å². The van der Waals surface area contributed by atoms with Crippen molar-refractivity contribution in [3.8, 4) is 0 Å². The predicted octanol–water partition coefficient (Wildman–Crippen LogP) is 4.19. The van der Waals surface area contributed by atoms with Gasteiger partial charge in [-0.3, -0.25) is 0 Å². The summed E-state index contributed by atoms with van der Waals surface area (Å²) in [5.74, 6) is -0.264. The normalized spacial score (nSPS) is 9.59. The van der Waals surface area contributed by atoms with Gasteiger partial charge in [-0.1, -0.05) is 23.3 Å². The zero-order valence-electron chi connectivity index (χ0n) is 11.3. The van der Waals surface area contributed by atoms with Gasteiger partial charge in [0.15, 0.2) is 0 Å². The van der Waals surface area contributed by atoms with Crippen LogP contribution in [-0.4, -0.2) is 12.6 Å². The Kier molecular flexibility index (Phi) is 8.12. The highest BCUT2D eigenvalue weighted by Crippen LogP contribution is 2.12. The SMILES string of the molecule is C=C(C)CCCC(=C)CCOC(=O)C=C(C)C. The van der Waals surface area contributed by atoms with Crippen LogP contribution in [0.5, 0.6) is 0 Å². The lowest BCUT2D eigenvalue weighted by molar-refractivity contribution is -0.137. The largest absolute Gasteiger partial charge is 0.462 e. The van der Waals surface area contributed by atoms with Crippen molar-refractivity contribution in [3.05, 3.63) is 36.0 Å². The number of allylic oxidation sites excluding steroid dienone is 2. The molecule has 0 heterocycles. The van der Waals surface area contributed by atoms with Crippen LogP contribution in [0.3, 0.4) is 0 Å².